The van der Waals surface area contributed by atoms with E-state index in [1.165, 1.54) is 11.1 Å². The number of piperazine rings is 1. The van der Waals surface area contributed by atoms with E-state index in [4.69, 9.17) is 0 Å². The van der Waals surface area contributed by atoms with Gasteiger partial charge in [-0.2, -0.15) is 0 Å². The van der Waals surface area contributed by atoms with Crippen LogP contribution in [0.5, 0.6) is 0 Å². The van der Waals surface area contributed by atoms with Gasteiger partial charge in [-0.1, -0.05) is 50.6 Å². The molecule has 1 atom stereocenters. The summed E-state index contributed by atoms with van der Waals surface area (Å²) in [5, 5.41) is 3.53. The van der Waals surface area contributed by atoms with Crippen LogP contribution in [0.1, 0.15) is 31.9 Å². The second kappa shape index (κ2) is 5.41. The van der Waals surface area contributed by atoms with E-state index in [0.29, 0.717) is 11.5 Å². The molecule has 0 aromatic heterocycles. The van der Waals surface area contributed by atoms with Crippen molar-refractivity contribution in [1.82, 2.24) is 10.2 Å². The maximum Gasteiger partial charge on any atom is 0.0273 e. The maximum absolute atomic E-state index is 3.53. The number of hydrogen-bond acceptors (Lipinski definition) is 2. The average Bonchev–Trinajstić information content (AvgIpc) is 2.28. The van der Waals surface area contributed by atoms with Crippen LogP contribution in [0.15, 0.2) is 24.3 Å². The van der Waals surface area contributed by atoms with E-state index < -0.39 is 0 Å². The van der Waals surface area contributed by atoms with E-state index in [1.54, 1.807) is 0 Å². The lowest BCUT2D eigenvalue weighted by atomic mass is 9.84. The predicted octanol–water partition coefficient (Wildman–Crippen LogP) is 2.81. The second-order valence-corrected chi connectivity index (χ2v) is 6.55. The molecule has 2 heteroatoms. The first kappa shape index (κ1) is 13.6. The van der Waals surface area contributed by atoms with Gasteiger partial charge in [0.2, 0.25) is 0 Å². The fraction of sp³-hybridized carbons (Fsp3) is 0.625. The van der Waals surface area contributed by atoms with E-state index in [9.17, 15) is 0 Å². The molecule has 0 bridgehead atoms. The highest BCUT2D eigenvalue weighted by atomic mass is 15.2. The Bertz CT molecular complexity index is 392. The fourth-order valence-electron chi connectivity index (χ4n) is 2.83. The smallest absolute Gasteiger partial charge is 0.0273 e. The topological polar surface area (TPSA) is 15.3 Å². The molecule has 0 radical (unpaired) electrons. The van der Waals surface area contributed by atoms with E-state index >= 15 is 0 Å². The zero-order valence-electron chi connectivity index (χ0n) is 12.2. The molecule has 2 nitrogen and oxygen atoms in total. The first-order valence-electron chi connectivity index (χ1n) is 6.97. The van der Waals surface area contributed by atoms with Gasteiger partial charge >= 0.3 is 0 Å². The number of nitrogens with zero attached hydrogens (tertiary/aromatic N) is 1. The van der Waals surface area contributed by atoms with Gasteiger partial charge in [-0.3, -0.25) is 4.90 Å². The van der Waals surface area contributed by atoms with Gasteiger partial charge in [0.25, 0.3) is 0 Å². The molecular weight excluding hydrogens is 220 g/mol. The summed E-state index contributed by atoms with van der Waals surface area (Å²) in [5.41, 5.74) is 3.12. The van der Waals surface area contributed by atoms with Crippen LogP contribution in [0.3, 0.4) is 0 Å². The molecule has 0 spiro atoms. The molecule has 1 aliphatic rings. The molecule has 0 aliphatic carbocycles. The zero-order valence-corrected chi connectivity index (χ0v) is 12.2. The van der Waals surface area contributed by atoms with Crippen LogP contribution in [0.2, 0.25) is 0 Å². The van der Waals surface area contributed by atoms with Gasteiger partial charge in [-0.25, -0.2) is 0 Å². The first-order valence-corrected chi connectivity index (χ1v) is 6.97. The van der Waals surface area contributed by atoms with E-state index in [-0.39, 0.29) is 0 Å². The summed E-state index contributed by atoms with van der Waals surface area (Å²) < 4.78 is 0. The molecule has 1 heterocycles. The number of rotatable bonds is 2. The molecule has 1 N–H and O–H groups in total. The van der Waals surface area contributed by atoms with Gasteiger partial charge in [0, 0.05) is 32.2 Å². The molecule has 100 valence electrons. The summed E-state index contributed by atoms with van der Waals surface area (Å²) >= 11 is 0. The normalized spacial score (nSPS) is 22.1. The molecule has 1 aliphatic heterocycles. The van der Waals surface area contributed by atoms with Crippen molar-refractivity contribution in [3.05, 3.63) is 35.4 Å². The molecule has 1 saturated heterocycles. The van der Waals surface area contributed by atoms with Crippen molar-refractivity contribution in [1.29, 1.82) is 0 Å². The van der Waals surface area contributed by atoms with Crippen LogP contribution in [-0.2, 0) is 6.54 Å². The van der Waals surface area contributed by atoms with Gasteiger partial charge in [0.15, 0.2) is 0 Å². The number of aryl methyl sites for hydroxylation is 1. The summed E-state index contributed by atoms with van der Waals surface area (Å²) in [5.74, 6) is 0. The van der Waals surface area contributed by atoms with Gasteiger partial charge in [-0.05, 0) is 17.9 Å². The highest BCUT2D eigenvalue weighted by molar-refractivity contribution is 5.22. The van der Waals surface area contributed by atoms with Crippen LogP contribution in [0.25, 0.3) is 0 Å². The lowest BCUT2D eigenvalue weighted by Crippen LogP contribution is -2.56. The Morgan fingerprint density at radius 1 is 1.33 bits per heavy atom. The Balaban J connectivity index is 2.10. The van der Waals surface area contributed by atoms with Gasteiger partial charge in [0.1, 0.15) is 0 Å². The Kier molecular flexibility index (Phi) is 4.08. The average molecular weight is 246 g/mol. The monoisotopic (exact) mass is 246 g/mol. The molecule has 0 saturated carbocycles. The Labute approximate surface area is 111 Å². The Morgan fingerprint density at radius 3 is 2.78 bits per heavy atom. The summed E-state index contributed by atoms with van der Waals surface area (Å²) in [4.78, 5) is 2.63. The van der Waals surface area contributed by atoms with Crippen LogP contribution >= 0.6 is 0 Å². The van der Waals surface area contributed by atoms with Gasteiger partial charge in [0.05, 0.1) is 0 Å². The summed E-state index contributed by atoms with van der Waals surface area (Å²) in [6.07, 6.45) is 0. The summed E-state index contributed by atoms with van der Waals surface area (Å²) in [6.45, 7) is 13.6. The second-order valence-electron chi connectivity index (χ2n) is 6.55. The predicted molar refractivity (Wildman–Crippen MR) is 77.7 cm³/mol. The van der Waals surface area contributed by atoms with Crippen molar-refractivity contribution in [2.75, 3.05) is 19.6 Å². The summed E-state index contributed by atoms with van der Waals surface area (Å²) in [6, 6.07) is 9.50. The van der Waals surface area contributed by atoms with Crippen molar-refractivity contribution in [3.63, 3.8) is 0 Å². The summed E-state index contributed by atoms with van der Waals surface area (Å²) in [7, 11) is 0. The molecule has 1 fully saturated rings. The van der Waals surface area contributed by atoms with E-state index in [2.05, 4.69) is 62.2 Å². The highest BCUT2D eigenvalue weighted by Gasteiger charge is 2.32. The minimum Gasteiger partial charge on any atom is -0.314 e. The lowest BCUT2D eigenvalue weighted by Gasteiger charge is -2.43. The molecule has 1 aromatic carbocycles. The third-order valence-electron chi connectivity index (χ3n) is 3.82. The quantitative estimate of drug-likeness (QED) is 0.863. The fourth-order valence-corrected chi connectivity index (χ4v) is 2.83. The highest BCUT2D eigenvalue weighted by Crippen LogP contribution is 2.26. The minimum atomic E-state index is 0.331. The standard InChI is InChI=1S/C16H26N2/c1-13-6-5-7-14(10-13)12-18-9-8-17-11-15(18)16(2,3)4/h5-7,10,15,17H,8-9,11-12H2,1-4H3. The van der Waals surface area contributed by atoms with Crippen LogP contribution < -0.4 is 5.32 Å². The van der Waals surface area contributed by atoms with E-state index in [1.807, 2.05) is 0 Å². The van der Waals surface area contributed by atoms with Crippen molar-refractivity contribution in [3.8, 4) is 0 Å². The molecule has 1 aromatic rings. The van der Waals surface area contributed by atoms with Gasteiger partial charge in [-0.15, -0.1) is 0 Å². The van der Waals surface area contributed by atoms with Crippen LogP contribution in [0, 0.1) is 12.3 Å². The molecular formula is C16H26N2. The van der Waals surface area contributed by atoms with Crippen molar-refractivity contribution in [2.45, 2.75) is 40.3 Å². The lowest BCUT2D eigenvalue weighted by molar-refractivity contribution is 0.0689. The molecule has 2 rings (SSSR count). The largest absolute Gasteiger partial charge is 0.314 e. The van der Waals surface area contributed by atoms with Crippen LogP contribution in [0.4, 0.5) is 0 Å². The minimum absolute atomic E-state index is 0.331. The third-order valence-corrected chi connectivity index (χ3v) is 3.82. The maximum atomic E-state index is 3.53. The first-order chi connectivity index (χ1) is 8.47. The van der Waals surface area contributed by atoms with Gasteiger partial charge < -0.3 is 5.32 Å². The molecule has 1 unspecified atom stereocenters. The number of benzene rings is 1. The Hall–Kier alpha value is -0.860. The number of nitrogens with one attached hydrogen (secondary N) is 1. The van der Waals surface area contributed by atoms with Crippen molar-refractivity contribution in [2.24, 2.45) is 5.41 Å². The van der Waals surface area contributed by atoms with E-state index in [0.717, 1.165) is 26.2 Å². The SMILES string of the molecule is Cc1cccc(CN2CCNCC2C(C)(C)C)c1. The molecule has 18 heavy (non-hydrogen) atoms. The van der Waals surface area contributed by atoms with Crippen LogP contribution in [-0.4, -0.2) is 30.6 Å². The third kappa shape index (κ3) is 3.33. The van der Waals surface area contributed by atoms with Crippen molar-refractivity contribution < 1.29 is 0 Å². The van der Waals surface area contributed by atoms with Crippen molar-refractivity contribution >= 4 is 0 Å². The number of hydrogen-bond donors (Lipinski definition) is 1. The molecule has 0 amide bonds. The Morgan fingerprint density at radius 2 is 2.11 bits per heavy atom. The zero-order chi connectivity index (χ0) is 13.2.